The Bertz CT molecular complexity index is 41.0. The number of hydrogen-bond donors (Lipinski definition) is 2. The van der Waals surface area contributed by atoms with Crippen LogP contribution < -0.4 is 10.9 Å². The van der Waals surface area contributed by atoms with E-state index in [1.54, 1.807) is 6.92 Å². The van der Waals surface area contributed by atoms with Gasteiger partial charge < -0.3 is 5.73 Å². The summed E-state index contributed by atoms with van der Waals surface area (Å²) >= 11 is 1.25. The Labute approximate surface area is 49.1 Å². The van der Waals surface area contributed by atoms with E-state index < -0.39 is 0 Å². The lowest BCUT2D eigenvalue weighted by molar-refractivity contribution is 1.34. The fourth-order valence-electron chi connectivity index (χ4n) is 0. The number of nitrogens with two attached hydrogens (primary N) is 2. The first-order valence-corrected chi connectivity index (χ1v) is 3.07. The molecule has 7 heavy (non-hydrogen) atoms. The molecule has 0 amide bonds. The Morgan fingerprint density at radius 3 is 1.71 bits per heavy atom. The Morgan fingerprint density at radius 2 is 1.71 bits per heavy atom. The van der Waals surface area contributed by atoms with Crippen LogP contribution in [0.3, 0.4) is 0 Å². The summed E-state index contributed by atoms with van der Waals surface area (Å²) < 4.78 is 0. The van der Waals surface area contributed by atoms with Crippen LogP contribution in [0, 0.1) is 0 Å². The fourth-order valence-corrected chi connectivity index (χ4v) is 0. The molecule has 0 saturated carbocycles. The lowest BCUT2D eigenvalue weighted by atomic mass is 10.6. The highest BCUT2D eigenvalue weighted by Crippen LogP contribution is 1.59. The van der Waals surface area contributed by atoms with E-state index in [0.29, 0.717) is 5.70 Å². The third-order valence-electron chi connectivity index (χ3n) is 0. The van der Waals surface area contributed by atoms with Crippen molar-refractivity contribution in [2.45, 2.75) is 6.92 Å². The lowest BCUT2D eigenvalue weighted by Crippen LogP contribution is -1.83. The van der Waals surface area contributed by atoms with E-state index in [1.807, 2.05) is 6.26 Å². The zero-order valence-electron chi connectivity index (χ0n) is 4.77. The van der Waals surface area contributed by atoms with Gasteiger partial charge in [0.15, 0.2) is 0 Å². The number of allylic oxidation sites excluding steroid dienone is 1. The van der Waals surface area contributed by atoms with Crippen LogP contribution in [0.1, 0.15) is 6.92 Å². The maximum absolute atomic E-state index is 4.92. The predicted molar refractivity (Wildman–Crippen MR) is 36.7 cm³/mol. The molecular formula is C4H12N2S. The van der Waals surface area contributed by atoms with Crippen molar-refractivity contribution < 1.29 is 0 Å². The predicted octanol–water partition coefficient (Wildman–Crippen LogP) is 0.702. The van der Waals surface area contributed by atoms with Crippen molar-refractivity contribution >= 4 is 11.9 Å². The minimum Gasteiger partial charge on any atom is -0.403 e. The summed E-state index contributed by atoms with van der Waals surface area (Å²) in [4.78, 5) is 0. The summed E-state index contributed by atoms with van der Waals surface area (Å²) in [6.07, 6.45) is 1.82. The highest BCUT2D eigenvalue weighted by molar-refractivity contribution is 7.96. The average Bonchev–Trinajstić information content (AvgIpc) is 1.33. The zero-order valence-corrected chi connectivity index (χ0v) is 5.59. The second-order valence-corrected chi connectivity index (χ2v) is 1.55. The van der Waals surface area contributed by atoms with Crippen molar-refractivity contribution in [2.24, 2.45) is 10.9 Å². The highest BCUT2D eigenvalue weighted by atomic mass is 32.2. The van der Waals surface area contributed by atoms with Gasteiger partial charge in [-0.25, -0.2) is 0 Å². The standard InChI is InChI=1S/C3H7N.CH5NS/c1-3(2)4;1-3-2/h1,4H2,2H3;2H2,1H3. The molecule has 0 aliphatic rings. The molecule has 4 N–H and O–H groups in total. The molecule has 0 saturated heterocycles. The molecule has 0 atom stereocenters. The third-order valence-corrected chi connectivity index (χ3v) is 0. The van der Waals surface area contributed by atoms with Crippen molar-refractivity contribution in [2.75, 3.05) is 6.26 Å². The van der Waals surface area contributed by atoms with E-state index in [-0.39, 0.29) is 0 Å². The van der Waals surface area contributed by atoms with E-state index >= 15 is 0 Å². The second-order valence-electron chi connectivity index (χ2n) is 1.08. The fraction of sp³-hybridized carbons (Fsp3) is 0.500. The zero-order chi connectivity index (χ0) is 6.28. The second kappa shape index (κ2) is 9.28. The summed E-state index contributed by atoms with van der Waals surface area (Å²) in [5, 5.41) is 4.76. The molecule has 0 aliphatic carbocycles. The Morgan fingerprint density at radius 1 is 1.71 bits per heavy atom. The molecule has 0 spiro atoms. The smallest absolute Gasteiger partial charge is 0.00242 e. The van der Waals surface area contributed by atoms with Gasteiger partial charge in [-0.05, 0) is 18.9 Å². The van der Waals surface area contributed by atoms with Gasteiger partial charge in [0.25, 0.3) is 0 Å². The molecule has 0 unspecified atom stereocenters. The summed E-state index contributed by atoms with van der Waals surface area (Å²) in [5.74, 6) is 0. The van der Waals surface area contributed by atoms with Gasteiger partial charge in [0, 0.05) is 0 Å². The Hall–Kier alpha value is -0.150. The van der Waals surface area contributed by atoms with Crippen LogP contribution in [-0.2, 0) is 0 Å². The molecule has 0 radical (unpaired) electrons. The van der Waals surface area contributed by atoms with Crippen molar-refractivity contribution in [3.05, 3.63) is 12.3 Å². The highest BCUT2D eigenvalue weighted by Gasteiger charge is 1.50. The molecule has 0 bridgehead atoms. The molecule has 44 valence electrons. The SMILES string of the molecule is C=C(C)N.CSN. The topological polar surface area (TPSA) is 52.0 Å². The van der Waals surface area contributed by atoms with Crippen molar-refractivity contribution in [1.82, 2.24) is 0 Å². The molecule has 0 aliphatic heterocycles. The van der Waals surface area contributed by atoms with Crippen LogP contribution in [0.4, 0.5) is 0 Å². The van der Waals surface area contributed by atoms with E-state index in [0.717, 1.165) is 0 Å². The summed E-state index contributed by atoms with van der Waals surface area (Å²) in [7, 11) is 0. The molecule has 0 fully saturated rings. The molecule has 3 heteroatoms. The van der Waals surface area contributed by atoms with Crippen LogP contribution in [0.2, 0.25) is 0 Å². The maximum atomic E-state index is 4.92. The molecule has 0 rings (SSSR count). The summed E-state index contributed by atoms with van der Waals surface area (Å²) in [6, 6.07) is 0. The van der Waals surface area contributed by atoms with Gasteiger partial charge in [-0.2, -0.15) is 0 Å². The van der Waals surface area contributed by atoms with E-state index in [2.05, 4.69) is 6.58 Å². The quantitative estimate of drug-likeness (QED) is 0.463. The first-order chi connectivity index (χ1) is 3.15. The van der Waals surface area contributed by atoms with Crippen LogP contribution in [0.15, 0.2) is 12.3 Å². The summed E-state index contributed by atoms with van der Waals surface area (Å²) in [5.41, 5.74) is 5.58. The van der Waals surface area contributed by atoms with E-state index in [1.165, 1.54) is 11.9 Å². The average molecular weight is 120 g/mol. The molecule has 2 nitrogen and oxygen atoms in total. The Kier molecular flexibility index (Phi) is 13.2. The van der Waals surface area contributed by atoms with E-state index in [4.69, 9.17) is 10.9 Å². The number of rotatable bonds is 0. The molecule has 0 aromatic heterocycles. The van der Waals surface area contributed by atoms with Gasteiger partial charge in [0.2, 0.25) is 0 Å². The van der Waals surface area contributed by atoms with Gasteiger partial charge in [0.05, 0.1) is 0 Å². The minimum absolute atomic E-state index is 0.667. The molecule has 0 heterocycles. The first kappa shape index (κ1) is 9.97. The van der Waals surface area contributed by atoms with Crippen molar-refractivity contribution in [1.29, 1.82) is 0 Å². The van der Waals surface area contributed by atoms with Gasteiger partial charge >= 0.3 is 0 Å². The molecular weight excluding hydrogens is 108 g/mol. The molecule has 0 aromatic rings. The summed E-state index contributed by atoms with van der Waals surface area (Å²) in [6.45, 7) is 5.08. The minimum atomic E-state index is 0.667. The van der Waals surface area contributed by atoms with Crippen LogP contribution in [-0.4, -0.2) is 6.26 Å². The monoisotopic (exact) mass is 120 g/mol. The lowest BCUT2D eigenvalue weighted by Gasteiger charge is -1.69. The van der Waals surface area contributed by atoms with Crippen LogP contribution >= 0.6 is 11.9 Å². The maximum Gasteiger partial charge on any atom is -0.00242 e. The number of hydrogen-bond acceptors (Lipinski definition) is 3. The largest absolute Gasteiger partial charge is 0.403 e. The first-order valence-electron chi connectivity index (χ1n) is 1.79. The Balaban J connectivity index is 0. The molecule has 0 aromatic carbocycles. The van der Waals surface area contributed by atoms with Gasteiger partial charge in [-0.15, -0.1) is 0 Å². The van der Waals surface area contributed by atoms with E-state index in [9.17, 15) is 0 Å². The van der Waals surface area contributed by atoms with Crippen molar-refractivity contribution in [3.63, 3.8) is 0 Å². The van der Waals surface area contributed by atoms with Crippen molar-refractivity contribution in [3.8, 4) is 0 Å². The van der Waals surface area contributed by atoms with Gasteiger partial charge in [-0.3, -0.25) is 5.14 Å². The van der Waals surface area contributed by atoms with Crippen LogP contribution in [0.25, 0.3) is 0 Å². The van der Waals surface area contributed by atoms with Crippen LogP contribution in [0.5, 0.6) is 0 Å². The normalized spacial score (nSPS) is 6.14. The van der Waals surface area contributed by atoms with Gasteiger partial charge in [0.1, 0.15) is 0 Å². The third kappa shape index (κ3) is 3850. The van der Waals surface area contributed by atoms with Gasteiger partial charge in [-0.1, -0.05) is 18.5 Å².